The number of hydrogen-bond donors (Lipinski definition) is 11. The normalized spacial score (nSPS) is 12.6. The lowest BCUT2D eigenvalue weighted by molar-refractivity contribution is -0.119. The SMILES string of the molecule is CCN(C(=O)NCC#CC#CC1CCNCC1)C(=O)c1nc(-c2c[nH]c(C(N)=O)c2NC(=O)N(CC)C(=O)c2nc(C(CCNC(=O)c3[nH]c(C(N)=O)nc3-c3cc[nH]c3)C(N)=O)cn2C)c[nH]1. The second-order valence-electron chi connectivity index (χ2n) is 15.1. The predicted molar refractivity (Wildman–Crippen MR) is 243 cm³/mol. The maximum atomic E-state index is 13.9. The van der Waals surface area contributed by atoms with Crippen LogP contribution in [0, 0.1) is 29.6 Å². The van der Waals surface area contributed by atoms with E-state index in [1.807, 2.05) is 0 Å². The molecular formula is C43H49N17O8. The van der Waals surface area contributed by atoms with E-state index in [1.54, 1.807) is 25.4 Å². The second-order valence-corrected chi connectivity index (χ2v) is 15.1. The minimum absolute atomic E-state index is 0.0228. The van der Waals surface area contributed by atoms with Crippen LogP contribution < -0.4 is 38.5 Å². The van der Waals surface area contributed by atoms with Crippen LogP contribution >= 0.6 is 0 Å². The number of aryl methyl sites for hydroxylation is 1. The Balaban J connectivity index is 1.12. The van der Waals surface area contributed by atoms with Gasteiger partial charge in [-0.3, -0.25) is 38.6 Å². The number of piperidine rings is 1. The molecule has 6 heterocycles. The fourth-order valence-corrected chi connectivity index (χ4v) is 7.15. The van der Waals surface area contributed by atoms with E-state index in [0.717, 1.165) is 35.7 Å². The van der Waals surface area contributed by atoms with Crippen LogP contribution in [0.4, 0.5) is 15.3 Å². The number of urea groups is 2. The molecule has 0 aromatic carbocycles. The average Bonchev–Trinajstić information content (AvgIpc) is 4.17. The van der Waals surface area contributed by atoms with Crippen molar-refractivity contribution in [2.45, 2.75) is 39.0 Å². The number of anilines is 1. The minimum atomic E-state index is -1.11. The zero-order valence-corrected chi connectivity index (χ0v) is 37.2. The Morgan fingerprint density at radius 1 is 0.853 bits per heavy atom. The monoisotopic (exact) mass is 931 g/mol. The Hall–Kier alpha value is -8.97. The molecule has 25 nitrogen and oxygen atoms in total. The number of rotatable bonds is 16. The summed E-state index contributed by atoms with van der Waals surface area (Å²) in [5.41, 5.74) is 17.1. The van der Waals surface area contributed by atoms with Gasteiger partial charge in [-0.25, -0.2) is 24.5 Å². The Morgan fingerprint density at radius 3 is 2.25 bits per heavy atom. The molecule has 1 fully saturated rings. The van der Waals surface area contributed by atoms with E-state index in [2.05, 4.69) is 79.8 Å². The average molecular weight is 932 g/mol. The summed E-state index contributed by atoms with van der Waals surface area (Å²) in [6.45, 7) is 4.52. The van der Waals surface area contributed by atoms with Crippen molar-refractivity contribution in [2.75, 3.05) is 44.6 Å². The van der Waals surface area contributed by atoms with Gasteiger partial charge in [0.2, 0.25) is 5.91 Å². The maximum absolute atomic E-state index is 13.9. The molecule has 25 heteroatoms. The summed E-state index contributed by atoms with van der Waals surface area (Å²) in [5.74, 6) is 4.75. The minimum Gasteiger partial charge on any atom is -0.369 e. The topological polar surface area (TPSA) is 376 Å². The maximum Gasteiger partial charge on any atom is 0.328 e. The summed E-state index contributed by atoms with van der Waals surface area (Å²) in [5, 5.41) is 11.0. The lowest BCUT2D eigenvalue weighted by Gasteiger charge is -2.19. The van der Waals surface area contributed by atoms with E-state index >= 15 is 0 Å². The summed E-state index contributed by atoms with van der Waals surface area (Å²) in [6, 6.07) is -0.103. The molecule has 6 rings (SSSR count). The first-order chi connectivity index (χ1) is 32.6. The van der Waals surface area contributed by atoms with Gasteiger partial charge < -0.3 is 63.0 Å². The van der Waals surface area contributed by atoms with E-state index in [-0.39, 0.29) is 95.7 Å². The number of nitrogens with two attached hydrogens (primary N) is 3. The third kappa shape index (κ3) is 11.1. The number of carbonyl (C=O) groups is 8. The lowest BCUT2D eigenvalue weighted by atomic mass is 9.99. The number of carbonyl (C=O) groups excluding carboxylic acids is 8. The number of aromatic nitrogens is 8. The molecule has 14 N–H and O–H groups in total. The standard InChI is InChI=1S/C43H49N17O8/c1-4-59(42(67)50-14-8-6-7-9-23-10-15-47-16-11-23)40(65)37-52-21-27(53-37)26-20-51-31(34(45)62)30(26)57-43(68)60(5-2)41(66)38-54-28(22-58(38)3)25(33(44)61)13-18-49-39(64)32-29(24-12-17-48-19-24)55-36(56-32)35(46)63/h12,17,19-23,25,47-48,51H,4-5,10-11,13-16,18H2,1-3H3,(H2,44,61)(H2,45,62)(H2,46,63)(H,49,64)(H,50,67)(H,52,53)(H,55,56)(H,57,68). The fraction of sp³-hybridized carbons (Fsp3) is 0.326. The number of primary amides is 3. The largest absolute Gasteiger partial charge is 0.369 e. The molecule has 1 aliphatic heterocycles. The third-order valence-corrected chi connectivity index (χ3v) is 10.7. The van der Waals surface area contributed by atoms with Gasteiger partial charge in [0.05, 0.1) is 29.5 Å². The van der Waals surface area contributed by atoms with Crippen molar-refractivity contribution in [3.63, 3.8) is 0 Å². The molecule has 68 heavy (non-hydrogen) atoms. The van der Waals surface area contributed by atoms with Gasteiger partial charge in [-0.2, -0.15) is 0 Å². The van der Waals surface area contributed by atoms with Gasteiger partial charge in [-0.1, -0.05) is 11.8 Å². The van der Waals surface area contributed by atoms with E-state index < -0.39 is 53.4 Å². The van der Waals surface area contributed by atoms with Crippen molar-refractivity contribution >= 4 is 53.2 Å². The highest BCUT2D eigenvalue weighted by Crippen LogP contribution is 2.31. The van der Waals surface area contributed by atoms with Crippen LogP contribution in [0.15, 0.2) is 37.1 Å². The van der Waals surface area contributed by atoms with Crippen LogP contribution in [0.1, 0.15) is 97.6 Å². The molecule has 1 aliphatic rings. The molecule has 0 aliphatic carbocycles. The molecular weight excluding hydrogens is 883 g/mol. The predicted octanol–water partition coefficient (Wildman–Crippen LogP) is 0.316. The Morgan fingerprint density at radius 2 is 1.59 bits per heavy atom. The van der Waals surface area contributed by atoms with Crippen molar-refractivity contribution in [1.82, 2.24) is 65.2 Å². The zero-order chi connectivity index (χ0) is 49.1. The van der Waals surface area contributed by atoms with Crippen LogP contribution in [-0.2, 0) is 11.8 Å². The molecule has 5 aromatic rings. The molecule has 354 valence electrons. The van der Waals surface area contributed by atoms with Crippen LogP contribution in [0.25, 0.3) is 22.5 Å². The molecule has 0 spiro atoms. The van der Waals surface area contributed by atoms with Gasteiger partial charge in [0.1, 0.15) is 17.1 Å². The van der Waals surface area contributed by atoms with Gasteiger partial charge in [0, 0.05) is 74.7 Å². The highest BCUT2D eigenvalue weighted by Gasteiger charge is 2.32. The number of nitrogens with zero attached hydrogens (tertiary/aromatic N) is 6. The molecule has 0 saturated carbocycles. The highest BCUT2D eigenvalue weighted by molar-refractivity contribution is 6.11. The Labute approximate surface area is 387 Å². The Kier molecular flexibility index (Phi) is 15.5. The molecule has 0 bridgehead atoms. The van der Waals surface area contributed by atoms with E-state index in [0.29, 0.717) is 5.56 Å². The molecule has 10 amide bonds. The zero-order valence-electron chi connectivity index (χ0n) is 37.2. The first-order valence-corrected chi connectivity index (χ1v) is 21.3. The van der Waals surface area contributed by atoms with E-state index in [4.69, 9.17) is 17.2 Å². The summed E-state index contributed by atoms with van der Waals surface area (Å²) in [7, 11) is 1.46. The highest BCUT2D eigenvalue weighted by atomic mass is 16.2. The van der Waals surface area contributed by atoms with Crippen molar-refractivity contribution in [1.29, 1.82) is 0 Å². The molecule has 1 unspecified atom stereocenters. The molecule has 1 saturated heterocycles. The quantitative estimate of drug-likeness (QED) is 0.0596. The van der Waals surface area contributed by atoms with Crippen LogP contribution in [0.5, 0.6) is 0 Å². The van der Waals surface area contributed by atoms with E-state index in [1.165, 1.54) is 37.1 Å². The lowest BCUT2D eigenvalue weighted by Crippen LogP contribution is -2.44. The number of hydrogen-bond acceptors (Lipinski definition) is 12. The molecule has 1 atom stereocenters. The van der Waals surface area contributed by atoms with Gasteiger partial charge >= 0.3 is 12.1 Å². The van der Waals surface area contributed by atoms with E-state index in [9.17, 15) is 38.4 Å². The number of H-pyrrole nitrogens is 4. The Bertz CT molecular complexity index is 2860. The molecule has 5 aromatic heterocycles. The van der Waals surface area contributed by atoms with Crippen molar-refractivity contribution < 1.29 is 38.4 Å². The third-order valence-electron chi connectivity index (χ3n) is 10.7. The summed E-state index contributed by atoms with van der Waals surface area (Å²) >= 11 is 0. The first kappa shape index (κ1) is 48.5. The van der Waals surface area contributed by atoms with Crippen molar-refractivity contribution in [3.8, 4) is 46.2 Å². The number of imidazole rings is 3. The van der Waals surface area contributed by atoms with Crippen LogP contribution in [0.3, 0.4) is 0 Å². The van der Waals surface area contributed by atoms with Gasteiger partial charge in [0.25, 0.3) is 29.5 Å². The van der Waals surface area contributed by atoms with Crippen LogP contribution in [-0.4, -0.2) is 136 Å². The smallest absolute Gasteiger partial charge is 0.328 e. The number of nitrogens with one attached hydrogen (secondary N) is 8. The van der Waals surface area contributed by atoms with Gasteiger partial charge in [-0.15, -0.1) is 0 Å². The fourth-order valence-electron chi connectivity index (χ4n) is 7.15. The second kappa shape index (κ2) is 21.8. The number of amides is 10. The summed E-state index contributed by atoms with van der Waals surface area (Å²) < 4.78 is 1.29. The first-order valence-electron chi connectivity index (χ1n) is 21.3. The summed E-state index contributed by atoms with van der Waals surface area (Å²) in [6.07, 6.45) is 8.99. The van der Waals surface area contributed by atoms with Gasteiger partial charge in [0.15, 0.2) is 17.5 Å². The number of aromatic amines is 4. The van der Waals surface area contributed by atoms with Crippen LogP contribution in [0.2, 0.25) is 0 Å². The summed E-state index contributed by atoms with van der Waals surface area (Å²) in [4.78, 5) is 130. The van der Waals surface area contributed by atoms with Crippen molar-refractivity contribution in [3.05, 3.63) is 71.6 Å². The number of imide groups is 2. The molecule has 0 radical (unpaired) electrons. The van der Waals surface area contributed by atoms with Crippen molar-refractivity contribution in [2.24, 2.45) is 30.2 Å². The van der Waals surface area contributed by atoms with Gasteiger partial charge in [-0.05, 0) is 64.1 Å².